The second kappa shape index (κ2) is 10.0. The average molecular weight is 286 g/mol. The van der Waals surface area contributed by atoms with Gasteiger partial charge in [0.15, 0.2) is 0 Å². The van der Waals surface area contributed by atoms with Gasteiger partial charge < -0.3 is 15.4 Å². The van der Waals surface area contributed by atoms with E-state index in [1.54, 1.807) is 0 Å². The van der Waals surface area contributed by atoms with E-state index in [1.807, 2.05) is 20.8 Å². The molecule has 0 aromatic carbocycles. The van der Waals surface area contributed by atoms with E-state index in [0.717, 1.165) is 19.3 Å². The molecule has 20 heavy (non-hydrogen) atoms. The molecule has 0 aliphatic rings. The van der Waals surface area contributed by atoms with Gasteiger partial charge in [-0.3, -0.25) is 0 Å². The Hall–Kier alpha value is -0.770. The Labute approximate surface area is 125 Å². The standard InChI is InChI=1S/C16H34N2O2/c1-7-10-13(9-3)18-14(11-8-2)12-17-15(19)20-16(4,5)6/h13-14,18H,7-12H2,1-6H3,(H,17,19). The summed E-state index contributed by atoms with van der Waals surface area (Å²) in [5.74, 6) is 0. The topological polar surface area (TPSA) is 50.4 Å². The number of hydrogen-bond donors (Lipinski definition) is 2. The molecular formula is C16H34N2O2. The van der Waals surface area contributed by atoms with Crippen molar-refractivity contribution in [1.29, 1.82) is 0 Å². The van der Waals surface area contributed by atoms with E-state index in [2.05, 4.69) is 31.4 Å². The van der Waals surface area contributed by atoms with Crippen LogP contribution in [0.15, 0.2) is 0 Å². The van der Waals surface area contributed by atoms with E-state index in [4.69, 9.17) is 4.74 Å². The van der Waals surface area contributed by atoms with Crippen LogP contribution >= 0.6 is 0 Å². The maximum atomic E-state index is 11.7. The molecule has 0 aliphatic heterocycles. The predicted octanol–water partition coefficient (Wildman–Crippen LogP) is 3.85. The molecule has 1 amide bonds. The summed E-state index contributed by atoms with van der Waals surface area (Å²) in [7, 11) is 0. The number of alkyl carbamates (subject to hydrolysis) is 1. The molecule has 0 spiro atoms. The molecule has 0 heterocycles. The lowest BCUT2D eigenvalue weighted by Crippen LogP contribution is -2.46. The van der Waals surface area contributed by atoms with Gasteiger partial charge in [0, 0.05) is 18.6 Å². The Balaban J connectivity index is 4.22. The number of amides is 1. The molecule has 0 aromatic rings. The molecule has 0 rings (SSSR count). The maximum absolute atomic E-state index is 11.7. The minimum absolute atomic E-state index is 0.323. The molecule has 0 saturated carbocycles. The number of carbonyl (C=O) groups is 1. The summed E-state index contributed by atoms with van der Waals surface area (Å²) in [5, 5.41) is 6.53. The van der Waals surface area contributed by atoms with E-state index in [9.17, 15) is 4.79 Å². The van der Waals surface area contributed by atoms with Crippen LogP contribution in [0.1, 0.15) is 73.6 Å². The van der Waals surface area contributed by atoms with Gasteiger partial charge in [-0.2, -0.15) is 0 Å². The van der Waals surface area contributed by atoms with E-state index in [0.29, 0.717) is 18.6 Å². The highest BCUT2D eigenvalue weighted by molar-refractivity contribution is 5.67. The van der Waals surface area contributed by atoms with Crippen molar-refractivity contribution >= 4 is 6.09 Å². The maximum Gasteiger partial charge on any atom is 0.407 e. The third-order valence-electron chi connectivity index (χ3n) is 3.13. The fourth-order valence-corrected chi connectivity index (χ4v) is 2.20. The van der Waals surface area contributed by atoms with E-state index < -0.39 is 5.60 Å². The number of nitrogens with one attached hydrogen (secondary N) is 2. The van der Waals surface area contributed by atoms with Crippen molar-refractivity contribution in [1.82, 2.24) is 10.6 Å². The summed E-state index contributed by atoms with van der Waals surface area (Å²) in [6.45, 7) is 12.8. The van der Waals surface area contributed by atoms with Crippen LogP contribution in [-0.4, -0.2) is 30.3 Å². The molecular weight excluding hydrogens is 252 g/mol. The van der Waals surface area contributed by atoms with Crippen LogP contribution in [0.2, 0.25) is 0 Å². The molecule has 0 radical (unpaired) electrons. The van der Waals surface area contributed by atoms with Gasteiger partial charge in [0.2, 0.25) is 0 Å². The van der Waals surface area contributed by atoms with Gasteiger partial charge >= 0.3 is 6.09 Å². The van der Waals surface area contributed by atoms with Crippen molar-refractivity contribution in [3.8, 4) is 0 Å². The van der Waals surface area contributed by atoms with E-state index in [1.165, 1.54) is 12.8 Å². The van der Waals surface area contributed by atoms with E-state index >= 15 is 0 Å². The van der Waals surface area contributed by atoms with Gasteiger partial charge in [0.1, 0.15) is 5.60 Å². The first-order valence-electron chi connectivity index (χ1n) is 8.05. The molecule has 2 unspecified atom stereocenters. The molecule has 0 aromatic heterocycles. The zero-order chi connectivity index (χ0) is 15.6. The minimum Gasteiger partial charge on any atom is -0.444 e. The Morgan fingerprint density at radius 3 is 2.05 bits per heavy atom. The van der Waals surface area contributed by atoms with E-state index in [-0.39, 0.29) is 6.09 Å². The molecule has 120 valence electrons. The smallest absolute Gasteiger partial charge is 0.407 e. The Kier molecular flexibility index (Phi) is 9.64. The fourth-order valence-electron chi connectivity index (χ4n) is 2.20. The number of rotatable bonds is 9. The number of ether oxygens (including phenoxy) is 1. The van der Waals surface area contributed by atoms with Gasteiger partial charge in [-0.25, -0.2) is 4.79 Å². The zero-order valence-electron chi connectivity index (χ0n) is 14.2. The van der Waals surface area contributed by atoms with Gasteiger partial charge in [0.05, 0.1) is 0 Å². The predicted molar refractivity (Wildman–Crippen MR) is 85.1 cm³/mol. The number of carbonyl (C=O) groups excluding carboxylic acids is 1. The lowest BCUT2D eigenvalue weighted by Gasteiger charge is -2.26. The van der Waals surface area contributed by atoms with Crippen LogP contribution in [0.5, 0.6) is 0 Å². The summed E-state index contributed by atoms with van der Waals surface area (Å²) in [4.78, 5) is 11.7. The van der Waals surface area contributed by atoms with Gasteiger partial charge in [-0.05, 0) is 40.0 Å². The van der Waals surface area contributed by atoms with Crippen LogP contribution in [0.25, 0.3) is 0 Å². The first-order valence-corrected chi connectivity index (χ1v) is 8.05. The molecule has 2 atom stereocenters. The van der Waals surface area contributed by atoms with Crippen LogP contribution in [0.3, 0.4) is 0 Å². The third kappa shape index (κ3) is 10.1. The lowest BCUT2D eigenvalue weighted by molar-refractivity contribution is 0.0520. The quantitative estimate of drug-likeness (QED) is 0.677. The van der Waals surface area contributed by atoms with Crippen molar-refractivity contribution < 1.29 is 9.53 Å². The highest BCUT2D eigenvalue weighted by atomic mass is 16.6. The first-order chi connectivity index (χ1) is 9.32. The summed E-state index contributed by atoms with van der Waals surface area (Å²) in [5.41, 5.74) is -0.439. The molecule has 4 nitrogen and oxygen atoms in total. The molecule has 0 aliphatic carbocycles. The lowest BCUT2D eigenvalue weighted by atomic mass is 10.1. The molecule has 2 N–H and O–H groups in total. The largest absolute Gasteiger partial charge is 0.444 e. The Morgan fingerprint density at radius 2 is 1.60 bits per heavy atom. The number of hydrogen-bond acceptors (Lipinski definition) is 3. The third-order valence-corrected chi connectivity index (χ3v) is 3.13. The molecule has 0 fully saturated rings. The monoisotopic (exact) mass is 286 g/mol. The SMILES string of the molecule is CCCC(CC)NC(CCC)CNC(=O)OC(C)(C)C. The summed E-state index contributed by atoms with van der Waals surface area (Å²) in [6.07, 6.45) is 5.34. The highest BCUT2D eigenvalue weighted by Crippen LogP contribution is 2.08. The zero-order valence-corrected chi connectivity index (χ0v) is 14.2. The summed E-state index contributed by atoms with van der Waals surface area (Å²) in [6, 6.07) is 0.862. The van der Waals surface area contributed by atoms with Crippen LogP contribution in [0.4, 0.5) is 4.79 Å². The Bertz CT molecular complexity index is 262. The van der Waals surface area contributed by atoms with Crippen molar-refractivity contribution in [3.05, 3.63) is 0 Å². The van der Waals surface area contributed by atoms with Crippen LogP contribution in [-0.2, 0) is 4.74 Å². The second-order valence-electron chi connectivity index (χ2n) is 6.43. The van der Waals surface area contributed by atoms with Crippen molar-refractivity contribution in [2.45, 2.75) is 91.3 Å². The normalized spacial score (nSPS) is 14.7. The molecule has 4 heteroatoms. The minimum atomic E-state index is -0.439. The van der Waals surface area contributed by atoms with Gasteiger partial charge in [0.25, 0.3) is 0 Å². The second-order valence-corrected chi connectivity index (χ2v) is 6.43. The fraction of sp³-hybridized carbons (Fsp3) is 0.938. The average Bonchev–Trinajstić information content (AvgIpc) is 2.33. The van der Waals surface area contributed by atoms with Crippen molar-refractivity contribution in [2.75, 3.05) is 6.54 Å². The Morgan fingerprint density at radius 1 is 1.05 bits per heavy atom. The van der Waals surface area contributed by atoms with Crippen LogP contribution < -0.4 is 10.6 Å². The molecule has 0 saturated heterocycles. The van der Waals surface area contributed by atoms with Crippen LogP contribution in [0, 0.1) is 0 Å². The van der Waals surface area contributed by atoms with Gasteiger partial charge in [-0.15, -0.1) is 0 Å². The highest BCUT2D eigenvalue weighted by Gasteiger charge is 2.18. The summed E-state index contributed by atoms with van der Waals surface area (Å²) >= 11 is 0. The molecule has 0 bridgehead atoms. The van der Waals surface area contributed by atoms with Crippen molar-refractivity contribution in [3.63, 3.8) is 0 Å². The summed E-state index contributed by atoms with van der Waals surface area (Å²) < 4.78 is 5.27. The van der Waals surface area contributed by atoms with Gasteiger partial charge in [-0.1, -0.05) is 33.6 Å². The first kappa shape index (κ1) is 19.2. The van der Waals surface area contributed by atoms with Crippen molar-refractivity contribution in [2.24, 2.45) is 0 Å².